The van der Waals surface area contributed by atoms with Gasteiger partial charge in [0, 0.05) is 17.6 Å². The fourth-order valence-electron chi connectivity index (χ4n) is 2.01. The molecule has 3 N–H and O–H groups in total. The van der Waals surface area contributed by atoms with E-state index in [1.54, 1.807) is 42.5 Å². The van der Waals surface area contributed by atoms with Crippen LogP contribution in [0, 0.1) is 0 Å². The molecule has 0 saturated heterocycles. The fraction of sp³-hybridized carbons (Fsp3) is 0.125. The van der Waals surface area contributed by atoms with Crippen molar-refractivity contribution < 1.29 is 14.3 Å². The van der Waals surface area contributed by atoms with Gasteiger partial charge in [0.1, 0.15) is 5.75 Å². The second-order valence-corrected chi connectivity index (χ2v) is 5.16. The summed E-state index contributed by atoms with van der Waals surface area (Å²) in [5.74, 6) is -0.00294. The summed E-state index contributed by atoms with van der Waals surface area (Å²) in [6.07, 6.45) is 0. The van der Waals surface area contributed by atoms with E-state index in [0.717, 1.165) is 4.90 Å². The summed E-state index contributed by atoms with van der Waals surface area (Å²) in [4.78, 5) is 25.3. The molecule has 0 atom stereocenters. The van der Waals surface area contributed by atoms with Crippen LogP contribution in [0.25, 0.3) is 0 Å². The number of nitrogens with one attached hydrogen (secondary N) is 1. The van der Waals surface area contributed by atoms with Crippen molar-refractivity contribution in [3.8, 4) is 5.75 Å². The number of hydrogen-bond donors (Lipinski definition) is 2. The second kappa shape index (κ2) is 7.02. The van der Waals surface area contributed by atoms with Gasteiger partial charge < -0.3 is 15.8 Å². The molecule has 0 radical (unpaired) electrons. The third-order valence-electron chi connectivity index (χ3n) is 3.07. The van der Waals surface area contributed by atoms with Crippen molar-refractivity contribution in [2.24, 2.45) is 0 Å². The minimum atomic E-state index is -0.622. The molecular formula is C16H16ClN3O3. The van der Waals surface area contributed by atoms with E-state index in [4.69, 9.17) is 22.1 Å². The van der Waals surface area contributed by atoms with E-state index in [2.05, 4.69) is 5.32 Å². The van der Waals surface area contributed by atoms with Crippen molar-refractivity contribution in [3.05, 3.63) is 47.5 Å². The normalized spacial score (nSPS) is 10.0. The number of amides is 3. The van der Waals surface area contributed by atoms with E-state index in [9.17, 15) is 9.59 Å². The molecule has 0 unspecified atom stereocenters. The lowest BCUT2D eigenvalue weighted by atomic mass is 10.2. The number of imide groups is 1. The molecule has 2 rings (SSSR count). The number of benzene rings is 2. The Labute approximate surface area is 138 Å². The highest BCUT2D eigenvalue weighted by molar-refractivity contribution is 6.31. The predicted molar refractivity (Wildman–Crippen MR) is 91.0 cm³/mol. The van der Waals surface area contributed by atoms with Gasteiger partial charge >= 0.3 is 6.03 Å². The van der Waals surface area contributed by atoms with Gasteiger partial charge in [-0.15, -0.1) is 0 Å². The number of rotatable bonds is 3. The van der Waals surface area contributed by atoms with Gasteiger partial charge in [-0.1, -0.05) is 11.6 Å². The molecule has 0 spiro atoms. The molecule has 7 heteroatoms. The predicted octanol–water partition coefficient (Wildman–Crippen LogP) is 3.52. The maximum atomic E-state index is 12.5. The molecule has 23 heavy (non-hydrogen) atoms. The molecule has 3 amide bonds. The number of nitrogens with two attached hydrogens (primary N) is 1. The molecule has 0 bridgehead atoms. The van der Waals surface area contributed by atoms with E-state index in [1.165, 1.54) is 14.0 Å². The number of methoxy groups -OCH3 is 1. The first-order valence-electron chi connectivity index (χ1n) is 6.73. The Morgan fingerprint density at radius 2 is 1.83 bits per heavy atom. The number of halogens is 1. The smallest absolute Gasteiger partial charge is 0.333 e. The van der Waals surface area contributed by atoms with Crippen LogP contribution in [0.15, 0.2) is 42.5 Å². The lowest BCUT2D eigenvalue weighted by Crippen LogP contribution is -2.38. The molecule has 0 saturated carbocycles. The van der Waals surface area contributed by atoms with Gasteiger partial charge in [0.05, 0.1) is 18.5 Å². The van der Waals surface area contributed by atoms with Crippen molar-refractivity contribution in [2.75, 3.05) is 23.1 Å². The molecular weight excluding hydrogens is 318 g/mol. The van der Waals surface area contributed by atoms with Gasteiger partial charge in [-0.25, -0.2) is 9.69 Å². The average Bonchev–Trinajstić information content (AvgIpc) is 2.49. The van der Waals surface area contributed by atoms with Crippen LogP contribution in [-0.4, -0.2) is 19.0 Å². The van der Waals surface area contributed by atoms with Crippen LogP contribution in [0.4, 0.5) is 21.9 Å². The number of urea groups is 1. The summed E-state index contributed by atoms with van der Waals surface area (Å²) in [5.41, 5.74) is 6.93. The number of nitrogens with zero attached hydrogens (tertiary/aromatic N) is 1. The number of carbonyl (C=O) groups excluding carboxylic acids is 2. The zero-order valence-corrected chi connectivity index (χ0v) is 13.4. The van der Waals surface area contributed by atoms with Gasteiger partial charge in [-0.3, -0.25) is 4.79 Å². The van der Waals surface area contributed by atoms with Crippen LogP contribution >= 0.6 is 11.6 Å². The number of anilines is 3. The van der Waals surface area contributed by atoms with E-state index in [1.807, 2.05) is 0 Å². The van der Waals surface area contributed by atoms with E-state index in [0.29, 0.717) is 27.8 Å². The van der Waals surface area contributed by atoms with Crippen LogP contribution in [0.5, 0.6) is 5.75 Å². The van der Waals surface area contributed by atoms with Crippen LogP contribution in [0.1, 0.15) is 6.92 Å². The fourth-order valence-corrected chi connectivity index (χ4v) is 2.19. The minimum absolute atomic E-state index is 0.367. The zero-order chi connectivity index (χ0) is 17.0. The minimum Gasteiger partial charge on any atom is -0.495 e. The van der Waals surface area contributed by atoms with Crippen LogP contribution in [-0.2, 0) is 4.79 Å². The van der Waals surface area contributed by atoms with E-state index < -0.39 is 11.9 Å². The van der Waals surface area contributed by atoms with Gasteiger partial charge in [0.2, 0.25) is 5.91 Å². The summed E-state index contributed by atoms with van der Waals surface area (Å²) in [5, 5.41) is 3.06. The molecule has 0 aliphatic heterocycles. The SMILES string of the molecule is COc1ccc(Cl)cc1NC(=O)N(C(C)=O)c1ccc(N)cc1. The van der Waals surface area contributed by atoms with Crippen LogP contribution in [0.2, 0.25) is 5.02 Å². The Morgan fingerprint density at radius 3 is 2.39 bits per heavy atom. The summed E-state index contributed by atoms with van der Waals surface area (Å²) in [6, 6.07) is 10.6. The van der Waals surface area contributed by atoms with E-state index in [-0.39, 0.29) is 0 Å². The monoisotopic (exact) mass is 333 g/mol. The quantitative estimate of drug-likeness (QED) is 0.842. The zero-order valence-electron chi connectivity index (χ0n) is 12.7. The first-order valence-corrected chi connectivity index (χ1v) is 7.11. The standard InChI is InChI=1S/C16H16ClN3O3/c1-10(21)20(13-6-4-12(18)5-7-13)16(22)19-14-9-11(17)3-8-15(14)23-2/h3-9H,18H2,1-2H3,(H,19,22). The average molecular weight is 334 g/mol. The highest BCUT2D eigenvalue weighted by Crippen LogP contribution is 2.28. The molecule has 120 valence electrons. The van der Waals surface area contributed by atoms with Gasteiger partial charge in [-0.05, 0) is 42.5 Å². The highest BCUT2D eigenvalue weighted by Gasteiger charge is 2.21. The van der Waals surface area contributed by atoms with Crippen LogP contribution in [0.3, 0.4) is 0 Å². The largest absolute Gasteiger partial charge is 0.495 e. The Bertz CT molecular complexity index is 732. The highest BCUT2D eigenvalue weighted by atomic mass is 35.5. The molecule has 0 fully saturated rings. The third-order valence-corrected chi connectivity index (χ3v) is 3.31. The number of carbonyl (C=O) groups is 2. The molecule has 0 aliphatic carbocycles. The Hall–Kier alpha value is -2.73. The van der Waals surface area contributed by atoms with Crippen molar-refractivity contribution in [1.82, 2.24) is 0 Å². The molecule has 0 aliphatic rings. The van der Waals surface area contributed by atoms with Crippen LogP contribution < -0.4 is 20.7 Å². The van der Waals surface area contributed by atoms with Gasteiger partial charge in [0.25, 0.3) is 0 Å². The maximum Gasteiger partial charge on any atom is 0.333 e. The summed E-state index contributed by atoms with van der Waals surface area (Å²) < 4.78 is 5.17. The second-order valence-electron chi connectivity index (χ2n) is 4.72. The molecule has 2 aromatic rings. The van der Waals surface area contributed by atoms with Crippen molar-refractivity contribution in [1.29, 1.82) is 0 Å². The first kappa shape index (κ1) is 16.6. The first-order chi connectivity index (χ1) is 10.9. The van der Waals surface area contributed by atoms with Crippen molar-refractivity contribution in [3.63, 3.8) is 0 Å². The summed E-state index contributed by atoms with van der Waals surface area (Å²) >= 11 is 5.93. The van der Waals surface area contributed by atoms with Crippen molar-refractivity contribution in [2.45, 2.75) is 6.92 Å². The maximum absolute atomic E-state index is 12.5. The molecule has 0 heterocycles. The van der Waals surface area contributed by atoms with Crippen molar-refractivity contribution >= 4 is 40.6 Å². The third kappa shape index (κ3) is 3.92. The Kier molecular flexibility index (Phi) is 5.08. The number of ether oxygens (including phenoxy) is 1. The van der Waals surface area contributed by atoms with Gasteiger partial charge in [-0.2, -0.15) is 0 Å². The lowest BCUT2D eigenvalue weighted by molar-refractivity contribution is -0.115. The topological polar surface area (TPSA) is 84.7 Å². The Balaban J connectivity index is 2.31. The number of hydrogen-bond acceptors (Lipinski definition) is 4. The molecule has 2 aromatic carbocycles. The summed E-state index contributed by atoms with van der Waals surface area (Å²) in [7, 11) is 1.47. The molecule has 0 aromatic heterocycles. The van der Waals surface area contributed by atoms with E-state index >= 15 is 0 Å². The number of nitrogen functional groups attached to an aromatic ring is 1. The lowest BCUT2D eigenvalue weighted by Gasteiger charge is -2.20. The summed E-state index contributed by atoms with van der Waals surface area (Å²) in [6.45, 7) is 1.30. The molecule has 6 nitrogen and oxygen atoms in total. The Morgan fingerprint density at radius 1 is 1.17 bits per heavy atom. The van der Waals surface area contributed by atoms with Gasteiger partial charge in [0.15, 0.2) is 0 Å².